The number of nitrogens with one attached hydrogen (secondary N) is 1. The summed E-state index contributed by atoms with van der Waals surface area (Å²) in [6, 6.07) is 2.38. The Morgan fingerprint density at radius 1 is 1.24 bits per heavy atom. The minimum atomic E-state index is -4.66. The molecule has 0 saturated carbocycles. The fourth-order valence-corrected chi connectivity index (χ4v) is 1.48. The highest BCUT2D eigenvalue weighted by Crippen LogP contribution is 2.38. The molecular weight excluding hydrogens is 238 g/mol. The second kappa shape index (κ2) is 3.76. The molecule has 2 rings (SSSR count). The lowest BCUT2D eigenvalue weighted by atomic mass is 10.0. The van der Waals surface area contributed by atoms with Crippen LogP contribution in [0.3, 0.4) is 0 Å². The van der Waals surface area contributed by atoms with Gasteiger partial charge in [-0.05, 0) is 18.2 Å². The number of nitrogens with zero attached hydrogens (tertiary/aromatic N) is 1. The first-order valence-electron chi connectivity index (χ1n) is 4.55. The van der Waals surface area contributed by atoms with Gasteiger partial charge in [-0.1, -0.05) is 0 Å². The molecule has 1 heterocycles. The zero-order valence-corrected chi connectivity index (χ0v) is 8.35. The van der Waals surface area contributed by atoms with Gasteiger partial charge in [-0.2, -0.15) is 18.3 Å². The minimum absolute atomic E-state index is 0.0253. The van der Waals surface area contributed by atoms with E-state index in [9.17, 15) is 17.6 Å². The Morgan fingerprint density at radius 3 is 2.47 bits per heavy atom. The molecule has 0 aliphatic rings. The number of nitrogens with two attached hydrogens (primary N) is 1. The van der Waals surface area contributed by atoms with Crippen molar-refractivity contribution in [2.45, 2.75) is 6.18 Å². The number of anilines is 1. The molecule has 3 N–H and O–H groups in total. The maximum atomic E-state index is 12.9. The molecule has 1 aromatic carbocycles. The summed E-state index contributed by atoms with van der Waals surface area (Å²) >= 11 is 0. The number of alkyl halides is 3. The maximum Gasteiger partial charge on any atom is 0.417 e. The first-order valence-corrected chi connectivity index (χ1v) is 4.55. The van der Waals surface area contributed by atoms with Crippen LogP contribution in [0.4, 0.5) is 23.2 Å². The summed E-state index contributed by atoms with van der Waals surface area (Å²) in [4.78, 5) is 0. The SMILES string of the molecule is Nc1cn[nH]c1-c1ccc(F)cc1C(F)(F)F. The van der Waals surface area contributed by atoms with E-state index in [0.717, 1.165) is 12.1 Å². The molecule has 17 heavy (non-hydrogen) atoms. The largest absolute Gasteiger partial charge is 0.417 e. The van der Waals surface area contributed by atoms with Crippen LogP contribution in [0.1, 0.15) is 5.56 Å². The van der Waals surface area contributed by atoms with E-state index in [1.807, 2.05) is 0 Å². The molecule has 2 aromatic rings. The van der Waals surface area contributed by atoms with Gasteiger partial charge in [0, 0.05) is 5.56 Å². The molecule has 0 fully saturated rings. The predicted octanol–water partition coefficient (Wildman–Crippen LogP) is 2.82. The average molecular weight is 245 g/mol. The Balaban J connectivity index is 2.67. The number of aromatic nitrogens is 2. The van der Waals surface area contributed by atoms with Crippen LogP contribution in [0.5, 0.6) is 0 Å². The Bertz CT molecular complexity index is 545. The summed E-state index contributed by atoms with van der Waals surface area (Å²) < 4.78 is 51.0. The quantitative estimate of drug-likeness (QED) is 0.759. The number of hydrogen-bond donors (Lipinski definition) is 2. The van der Waals surface area contributed by atoms with Gasteiger partial charge >= 0.3 is 6.18 Å². The molecule has 90 valence electrons. The van der Waals surface area contributed by atoms with E-state index in [1.165, 1.54) is 6.20 Å². The molecule has 0 radical (unpaired) electrons. The molecule has 3 nitrogen and oxygen atoms in total. The molecule has 0 spiro atoms. The second-order valence-corrected chi connectivity index (χ2v) is 3.39. The fourth-order valence-electron chi connectivity index (χ4n) is 1.48. The summed E-state index contributed by atoms with van der Waals surface area (Å²) in [7, 11) is 0. The Morgan fingerprint density at radius 2 is 1.94 bits per heavy atom. The van der Waals surface area contributed by atoms with Crippen LogP contribution in [0.25, 0.3) is 11.3 Å². The lowest BCUT2D eigenvalue weighted by Crippen LogP contribution is -2.08. The van der Waals surface area contributed by atoms with Gasteiger partial charge in [0.1, 0.15) is 5.82 Å². The number of benzene rings is 1. The molecule has 7 heteroatoms. The number of rotatable bonds is 1. The highest BCUT2D eigenvalue weighted by molar-refractivity contribution is 5.74. The highest BCUT2D eigenvalue weighted by atomic mass is 19.4. The summed E-state index contributed by atoms with van der Waals surface area (Å²) in [5.74, 6) is -0.959. The van der Waals surface area contributed by atoms with Crippen molar-refractivity contribution in [3.05, 3.63) is 35.8 Å². The highest BCUT2D eigenvalue weighted by Gasteiger charge is 2.34. The van der Waals surface area contributed by atoms with Gasteiger partial charge in [-0.3, -0.25) is 5.10 Å². The summed E-state index contributed by atoms with van der Waals surface area (Å²) in [5.41, 5.74) is 4.25. The monoisotopic (exact) mass is 245 g/mol. The van der Waals surface area contributed by atoms with E-state index in [4.69, 9.17) is 5.73 Å². The number of nitrogen functional groups attached to an aromatic ring is 1. The van der Waals surface area contributed by atoms with Crippen LogP contribution in [-0.2, 0) is 6.18 Å². The van der Waals surface area contributed by atoms with Gasteiger partial charge < -0.3 is 5.73 Å². The van der Waals surface area contributed by atoms with Crippen LogP contribution in [0, 0.1) is 5.82 Å². The number of hydrogen-bond acceptors (Lipinski definition) is 2. The van der Waals surface area contributed by atoms with E-state index in [0.29, 0.717) is 6.07 Å². The summed E-state index contributed by atoms with van der Waals surface area (Å²) in [5, 5.41) is 5.89. The van der Waals surface area contributed by atoms with Crippen molar-refractivity contribution in [3.8, 4) is 11.3 Å². The first kappa shape index (κ1) is 11.4. The Kier molecular flexibility index (Phi) is 2.53. The zero-order chi connectivity index (χ0) is 12.6. The second-order valence-electron chi connectivity index (χ2n) is 3.39. The molecule has 0 saturated heterocycles. The Hall–Kier alpha value is -2.05. The van der Waals surface area contributed by atoms with Crippen LogP contribution in [-0.4, -0.2) is 10.2 Å². The number of halogens is 4. The van der Waals surface area contributed by atoms with Gasteiger partial charge in [0.05, 0.1) is 23.1 Å². The van der Waals surface area contributed by atoms with Gasteiger partial charge in [-0.25, -0.2) is 4.39 Å². The van der Waals surface area contributed by atoms with Gasteiger partial charge in [0.25, 0.3) is 0 Å². The van der Waals surface area contributed by atoms with Crippen molar-refractivity contribution < 1.29 is 17.6 Å². The summed E-state index contributed by atoms with van der Waals surface area (Å²) in [6.45, 7) is 0. The topological polar surface area (TPSA) is 54.7 Å². The molecule has 0 unspecified atom stereocenters. The van der Waals surface area contributed by atoms with Crippen molar-refractivity contribution in [2.24, 2.45) is 0 Å². The molecule has 0 aliphatic heterocycles. The molecule has 1 aromatic heterocycles. The fraction of sp³-hybridized carbons (Fsp3) is 0.100. The average Bonchev–Trinajstić information content (AvgIpc) is 2.63. The molecule has 0 atom stereocenters. The molecular formula is C10H7F4N3. The standard InChI is InChI=1S/C10H7F4N3/c11-5-1-2-6(7(3-5)10(12,13)14)9-8(15)4-16-17-9/h1-4H,15H2,(H,16,17). The first-order chi connectivity index (χ1) is 7.89. The van der Waals surface area contributed by atoms with E-state index in [2.05, 4.69) is 10.2 Å². The number of H-pyrrole nitrogens is 1. The van der Waals surface area contributed by atoms with Crippen molar-refractivity contribution >= 4 is 5.69 Å². The Labute approximate surface area is 93.3 Å². The molecule has 0 amide bonds. The normalized spacial score (nSPS) is 11.8. The van der Waals surface area contributed by atoms with Crippen molar-refractivity contribution in [2.75, 3.05) is 5.73 Å². The minimum Gasteiger partial charge on any atom is -0.396 e. The van der Waals surface area contributed by atoms with Crippen LogP contribution >= 0.6 is 0 Å². The third-order valence-electron chi connectivity index (χ3n) is 2.23. The van der Waals surface area contributed by atoms with E-state index < -0.39 is 17.6 Å². The third-order valence-corrected chi connectivity index (χ3v) is 2.23. The van der Waals surface area contributed by atoms with Gasteiger partial charge in [0.2, 0.25) is 0 Å². The molecule has 0 bridgehead atoms. The maximum absolute atomic E-state index is 12.9. The number of aromatic amines is 1. The third kappa shape index (κ3) is 2.08. The molecule has 0 aliphatic carbocycles. The lowest BCUT2D eigenvalue weighted by Gasteiger charge is -2.12. The lowest BCUT2D eigenvalue weighted by molar-refractivity contribution is -0.137. The van der Waals surface area contributed by atoms with Crippen LogP contribution < -0.4 is 5.73 Å². The van der Waals surface area contributed by atoms with Crippen LogP contribution in [0.15, 0.2) is 24.4 Å². The smallest absolute Gasteiger partial charge is 0.396 e. The zero-order valence-electron chi connectivity index (χ0n) is 8.35. The van der Waals surface area contributed by atoms with Crippen LogP contribution in [0.2, 0.25) is 0 Å². The van der Waals surface area contributed by atoms with E-state index in [1.54, 1.807) is 0 Å². The summed E-state index contributed by atoms with van der Waals surface area (Å²) in [6.07, 6.45) is -3.46. The van der Waals surface area contributed by atoms with E-state index >= 15 is 0 Å². The van der Waals surface area contributed by atoms with Crippen molar-refractivity contribution in [3.63, 3.8) is 0 Å². The van der Waals surface area contributed by atoms with E-state index in [-0.39, 0.29) is 16.9 Å². The predicted molar refractivity (Wildman–Crippen MR) is 53.4 cm³/mol. The van der Waals surface area contributed by atoms with Gasteiger partial charge in [-0.15, -0.1) is 0 Å². The van der Waals surface area contributed by atoms with Crippen molar-refractivity contribution in [1.29, 1.82) is 0 Å². The van der Waals surface area contributed by atoms with Gasteiger partial charge in [0.15, 0.2) is 0 Å². The van der Waals surface area contributed by atoms with Crippen molar-refractivity contribution in [1.82, 2.24) is 10.2 Å².